The number of carbonyl (C=O) groups excluding carboxylic acids is 4. The molecule has 0 fully saturated rings. The van der Waals surface area contributed by atoms with Crippen molar-refractivity contribution in [1.82, 2.24) is 10.6 Å². The summed E-state index contributed by atoms with van der Waals surface area (Å²) in [6.07, 6.45) is 2.39. The third kappa shape index (κ3) is 24.5. The highest BCUT2D eigenvalue weighted by Gasteiger charge is 2.23. The number of rotatable bonds is 30. The van der Waals surface area contributed by atoms with Gasteiger partial charge in [0.2, 0.25) is 11.8 Å². The lowest BCUT2D eigenvalue weighted by Gasteiger charge is -2.13. The number of carboxylic acid groups (broad SMARTS) is 2. The van der Waals surface area contributed by atoms with E-state index in [0.29, 0.717) is 45.3 Å². The lowest BCUT2D eigenvalue weighted by molar-refractivity contribution is -0.144. The SMILES string of the molecule is CC(C)C(=O)C[C@@H](CCC(=O)NCCOCCOCC(=O)CCCOCCOCC(=O)NCCCC[C@H](N)C(=O)O)C(=O)O. The Balaban J connectivity index is 3.57. The van der Waals surface area contributed by atoms with Crippen LogP contribution in [0.15, 0.2) is 0 Å². The van der Waals surface area contributed by atoms with E-state index in [2.05, 4.69) is 10.6 Å². The second-order valence-corrected chi connectivity index (χ2v) is 10.5. The van der Waals surface area contributed by atoms with Crippen LogP contribution >= 0.6 is 0 Å². The number of unbranched alkanes of at least 4 members (excludes halogenated alkanes) is 1. The Hall–Kier alpha value is -2.98. The largest absolute Gasteiger partial charge is 0.481 e. The van der Waals surface area contributed by atoms with Gasteiger partial charge in [0.05, 0.1) is 39.0 Å². The molecule has 44 heavy (non-hydrogen) atoms. The molecule has 15 nitrogen and oxygen atoms in total. The summed E-state index contributed by atoms with van der Waals surface area (Å²) in [5.41, 5.74) is 5.40. The van der Waals surface area contributed by atoms with Crippen molar-refractivity contribution in [2.45, 2.75) is 71.3 Å². The average molecular weight is 634 g/mol. The van der Waals surface area contributed by atoms with E-state index < -0.39 is 23.9 Å². The lowest BCUT2D eigenvalue weighted by Crippen LogP contribution is -2.31. The summed E-state index contributed by atoms with van der Waals surface area (Å²) in [6.45, 7) is 5.48. The summed E-state index contributed by atoms with van der Waals surface area (Å²) in [6, 6.07) is -0.886. The van der Waals surface area contributed by atoms with Crippen LogP contribution in [0.5, 0.6) is 0 Å². The number of ether oxygens (including phenoxy) is 4. The molecule has 0 aromatic heterocycles. The van der Waals surface area contributed by atoms with Gasteiger partial charge < -0.3 is 45.5 Å². The minimum Gasteiger partial charge on any atom is -0.481 e. The molecule has 0 spiro atoms. The van der Waals surface area contributed by atoms with Crippen LogP contribution in [0.2, 0.25) is 0 Å². The smallest absolute Gasteiger partial charge is 0.320 e. The van der Waals surface area contributed by atoms with Gasteiger partial charge in [0, 0.05) is 44.9 Å². The number of nitrogens with one attached hydrogen (secondary N) is 2. The highest BCUT2D eigenvalue weighted by Crippen LogP contribution is 2.15. The van der Waals surface area contributed by atoms with Crippen molar-refractivity contribution in [2.75, 3.05) is 65.9 Å². The first-order valence-electron chi connectivity index (χ1n) is 15.0. The molecule has 0 unspecified atom stereocenters. The number of aliphatic carboxylic acids is 2. The van der Waals surface area contributed by atoms with Gasteiger partial charge in [-0.05, 0) is 32.1 Å². The van der Waals surface area contributed by atoms with Gasteiger partial charge in [-0.3, -0.25) is 28.8 Å². The fraction of sp³-hybridized carbons (Fsp3) is 0.793. The highest BCUT2D eigenvalue weighted by molar-refractivity contribution is 5.85. The number of carbonyl (C=O) groups is 6. The Morgan fingerprint density at radius 3 is 1.91 bits per heavy atom. The minimum absolute atomic E-state index is 0.00279. The Morgan fingerprint density at radius 2 is 1.27 bits per heavy atom. The van der Waals surface area contributed by atoms with Gasteiger partial charge in [-0.2, -0.15) is 0 Å². The Bertz CT molecular complexity index is 869. The molecule has 0 saturated heterocycles. The molecule has 0 aromatic carbocycles. The second-order valence-electron chi connectivity index (χ2n) is 10.5. The van der Waals surface area contributed by atoms with E-state index >= 15 is 0 Å². The first kappa shape index (κ1) is 41.0. The van der Waals surface area contributed by atoms with E-state index in [-0.39, 0.29) is 101 Å². The molecule has 15 heteroatoms. The fourth-order valence-corrected chi connectivity index (χ4v) is 3.57. The van der Waals surface area contributed by atoms with Crippen molar-refractivity contribution in [1.29, 1.82) is 0 Å². The molecule has 2 amide bonds. The molecule has 0 aromatic rings. The normalized spacial score (nSPS) is 12.5. The van der Waals surface area contributed by atoms with Crippen molar-refractivity contribution in [2.24, 2.45) is 17.6 Å². The van der Waals surface area contributed by atoms with E-state index in [4.69, 9.17) is 29.8 Å². The quantitative estimate of drug-likeness (QED) is 0.0672. The number of carboxylic acids is 2. The second kappa shape index (κ2) is 26.4. The van der Waals surface area contributed by atoms with Crippen LogP contribution in [-0.2, 0) is 47.7 Å². The Labute approximate surface area is 258 Å². The summed E-state index contributed by atoms with van der Waals surface area (Å²) in [5, 5.41) is 23.3. The average Bonchev–Trinajstić information content (AvgIpc) is 2.97. The number of Topliss-reactive ketones (excluding diaryl/α,β-unsaturated/α-hetero) is 2. The van der Waals surface area contributed by atoms with Gasteiger partial charge in [0.25, 0.3) is 0 Å². The van der Waals surface area contributed by atoms with E-state index in [1.807, 2.05) is 0 Å². The van der Waals surface area contributed by atoms with Gasteiger partial charge >= 0.3 is 11.9 Å². The zero-order valence-corrected chi connectivity index (χ0v) is 26.0. The van der Waals surface area contributed by atoms with Crippen molar-refractivity contribution in [3.63, 3.8) is 0 Å². The molecular weight excluding hydrogens is 582 g/mol. The lowest BCUT2D eigenvalue weighted by atomic mass is 9.93. The standard InChI is InChI=1S/C29H51N3O12/c1-21(2)25(34)18-22(28(37)38)8-9-26(35)32-11-13-42-15-16-43-19-23(33)6-5-12-41-14-17-44-20-27(36)31-10-4-3-7-24(30)29(39)40/h21-22,24H,3-20,30H2,1-2H3,(H,31,36)(H,32,35)(H,37,38)(H,39,40)/t22-,24+/m1/s1. The number of hydrogen-bond donors (Lipinski definition) is 5. The van der Waals surface area contributed by atoms with Gasteiger partial charge in [0.1, 0.15) is 25.0 Å². The van der Waals surface area contributed by atoms with E-state index in [1.165, 1.54) is 0 Å². The zero-order chi connectivity index (χ0) is 33.2. The Kier molecular flexibility index (Phi) is 24.6. The van der Waals surface area contributed by atoms with E-state index in [9.17, 15) is 33.9 Å². The molecular formula is C29H51N3O12. The molecule has 0 aliphatic rings. The predicted molar refractivity (Wildman–Crippen MR) is 158 cm³/mol. The summed E-state index contributed by atoms with van der Waals surface area (Å²) in [7, 11) is 0. The molecule has 0 aliphatic carbocycles. The first-order valence-corrected chi connectivity index (χ1v) is 15.0. The zero-order valence-electron chi connectivity index (χ0n) is 26.0. The fourth-order valence-electron chi connectivity index (χ4n) is 3.57. The number of ketones is 2. The molecule has 0 saturated carbocycles. The molecule has 254 valence electrons. The minimum atomic E-state index is -1.09. The van der Waals surface area contributed by atoms with Crippen LogP contribution in [0.1, 0.15) is 65.2 Å². The highest BCUT2D eigenvalue weighted by atomic mass is 16.5. The van der Waals surface area contributed by atoms with Crippen molar-refractivity contribution >= 4 is 35.3 Å². The number of hydrogen-bond acceptors (Lipinski definition) is 11. The van der Waals surface area contributed by atoms with Crippen molar-refractivity contribution < 1.29 is 57.9 Å². The van der Waals surface area contributed by atoms with Crippen LogP contribution in [0.25, 0.3) is 0 Å². The van der Waals surface area contributed by atoms with Gasteiger partial charge in [-0.25, -0.2) is 0 Å². The van der Waals surface area contributed by atoms with Gasteiger partial charge in [-0.15, -0.1) is 0 Å². The molecule has 0 radical (unpaired) electrons. The van der Waals surface area contributed by atoms with Gasteiger partial charge in [0.15, 0.2) is 5.78 Å². The maximum atomic E-state index is 11.9. The number of amides is 2. The first-order chi connectivity index (χ1) is 20.9. The molecule has 0 heterocycles. The summed E-state index contributed by atoms with van der Waals surface area (Å²) >= 11 is 0. The summed E-state index contributed by atoms with van der Waals surface area (Å²) in [5.74, 6) is -4.06. The van der Waals surface area contributed by atoms with Crippen molar-refractivity contribution in [3.05, 3.63) is 0 Å². The monoisotopic (exact) mass is 633 g/mol. The maximum Gasteiger partial charge on any atom is 0.320 e. The molecule has 2 atom stereocenters. The topological polar surface area (TPSA) is 230 Å². The van der Waals surface area contributed by atoms with E-state index in [0.717, 1.165) is 0 Å². The molecule has 0 bridgehead atoms. The summed E-state index contributed by atoms with van der Waals surface area (Å²) in [4.78, 5) is 69.2. The third-order valence-corrected chi connectivity index (χ3v) is 6.29. The van der Waals surface area contributed by atoms with Crippen LogP contribution in [-0.4, -0.2) is 118 Å². The summed E-state index contributed by atoms with van der Waals surface area (Å²) < 4.78 is 21.2. The van der Waals surface area contributed by atoms with Crippen LogP contribution in [0, 0.1) is 11.8 Å². The predicted octanol–water partition coefficient (Wildman–Crippen LogP) is 0.313. The van der Waals surface area contributed by atoms with Crippen molar-refractivity contribution in [3.8, 4) is 0 Å². The van der Waals surface area contributed by atoms with Crippen LogP contribution in [0.3, 0.4) is 0 Å². The number of nitrogens with two attached hydrogens (primary N) is 1. The molecule has 0 rings (SSSR count). The maximum absolute atomic E-state index is 11.9. The van der Waals surface area contributed by atoms with Crippen LogP contribution in [0.4, 0.5) is 0 Å². The molecule has 0 aliphatic heterocycles. The van der Waals surface area contributed by atoms with E-state index in [1.54, 1.807) is 13.8 Å². The van der Waals surface area contributed by atoms with Gasteiger partial charge in [-0.1, -0.05) is 13.8 Å². The Morgan fingerprint density at radius 1 is 0.659 bits per heavy atom. The molecule has 6 N–H and O–H groups in total. The van der Waals surface area contributed by atoms with Crippen LogP contribution < -0.4 is 16.4 Å². The third-order valence-electron chi connectivity index (χ3n) is 6.29.